The van der Waals surface area contributed by atoms with E-state index in [9.17, 15) is 14.0 Å². The highest BCUT2D eigenvalue weighted by Crippen LogP contribution is 2.25. The molecule has 7 heteroatoms. The molecular formula is C17H16BrFN2O3. The quantitative estimate of drug-likeness (QED) is 0.825. The van der Waals surface area contributed by atoms with Crippen LogP contribution in [0.15, 0.2) is 40.9 Å². The molecule has 0 bridgehead atoms. The average molecular weight is 395 g/mol. The molecule has 2 rings (SSSR count). The Hall–Kier alpha value is -2.41. The van der Waals surface area contributed by atoms with Crippen LogP contribution in [0.4, 0.5) is 14.9 Å². The number of carbonyl (C=O) groups is 2. The summed E-state index contributed by atoms with van der Waals surface area (Å²) in [5.74, 6) is -0.734. The number of carbonyl (C=O) groups excluding carboxylic acids is 2. The van der Waals surface area contributed by atoms with Gasteiger partial charge in [0.15, 0.2) is 6.61 Å². The van der Waals surface area contributed by atoms with Gasteiger partial charge < -0.3 is 10.1 Å². The molecule has 0 spiro atoms. The van der Waals surface area contributed by atoms with Crippen molar-refractivity contribution in [3.8, 4) is 5.75 Å². The van der Waals surface area contributed by atoms with E-state index in [1.54, 1.807) is 6.07 Å². The number of imide groups is 1. The van der Waals surface area contributed by atoms with Crippen LogP contribution < -0.4 is 15.4 Å². The fourth-order valence-electron chi connectivity index (χ4n) is 1.94. The smallest absolute Gasteiger partial charge is 0.325 e. The lowest BCUT2D eigenvalue weighted by Gasteiger charge is -2.11. The fraction of sp³-hybridized carbons (Fsp3) is 0.176. The molecule has 0 aliphatic heterocycles. The van der Waals surface area contributed by atoms with Crippen LogP contribution in [0.3, 0.4) is 0 Å². The van der Waals surface area contributed by atoms with Crippen LogP contribution in [0.1, 0.15) is 11.1 Å². The molecule has 0 aliphatic rings. The predicted octanol–water partition coefficient (Wildman–Crippen LogP) is 3.93. The minimum atomic E-state index is -0.643. The second kappa shape index (κ2) is 7.92. The zero-order valence-electron chi connectivity index (χ0n) is 13.2. The first-order valence-corrected chi connectivity index (χ1v) is 7.91. The van der Waals surface area contributed by atoms with E-state index in [0.29, 0.717) is 15.9 Å². The monoisotopic (exact) mass is 394 g/mol. The van der Waals surface area contributed by atoms with E-state index in [1.807, 2.05) is 26.0 Å². The van der Waals surface area contributed by atoms with Gasteiger partial charge in [-0.25, -0.2) is 9.18 Å². The highest BCUT2D eigenvalue weighted by atomic mass is 79.9. The first kappa shape index (κ1) is 17.9. The second-order valence-corrected chi connectivity index (χ2v) is 5.97. The molecule has 3 amide bonds. The second-order valence-electron chi connectivity index (χ2n) is 5.11. The molecule has 0 aromatic heterocycles. The molecule has 0 saturated carbocycles. The molecule has 24 heavy (non-hydrogen) atoms. The molecule has 0 aliphatic carbocycles. The van der Waals surface area contributed by atoms with Gasteiger partial charge in [-0.05, 0) is 65.2 Å². The van der Waals surface area contributed by atoms with Crippen molar-refractivity contribution < 1.29 is 18.7 Å². The lowest BCUT2D eigenvalue weighted by atomic mass is 10.1. The molecule has 126 valence electrons. The SMILES string of the molecule is Cc1cccc(NC(=O)NC(=O)COc2ccc(F)cc2Br)c1C. The Kier molecular flexibility index (Phi) is 5.92. The van der Waals surface area contributed by atoms with Gasteiger partial charge >= 0.3 is 6.03 Å². The summed E-state index contributed by atoms with van der Waals surface area (Å²) in [5.41, 5.74) is 2.58. The standard InChI is InChI=1S/C17H16BrFN2O3/c1-10-4-3-5-14(11(10)2)20-17(23)21-16(22)9-24-15-7-6-12(19)8-13(15)18/h3-8H,9H2,1-2H3,(H2,20,21,22,23). The van der Waals surface area contributed by atoms with Gasteiger partial charge in [-0.15, -0.1) is 0 Å². The fourth-order valence-corrected chi connectivity index (χ4v) is 2.40. The van der Waals surface area contributed by atoms with E-state index in [-0.39, 0.29) is 6.61 Å². The van der Waals surface area contributed by atoms with Gasteiger partial charge in [-0.3, -0.25) is 10.1 Å². The number of nitrogens with one attached hydrogen (secondary N) is 2. The van der Waals surface area contributed by atoms with Crippen LogP contribution >= 0.6 is 15.9 Å². The van der Waals surface area contributed by atoms with Crippen molar-refractivity contribution in [2.24, 2.45) is 0 Å². The minimum absolute atomic E-state index is 0.307. The molecule has 0 heterocycles. The number of hydrogen-bond donors (Lipinski definition) is 2. The van der Waals surface area contributed by atoms with Crippen LogP contribution in [0.5, 0.6) is 5.75 Å². The highest BCUT2D eigenvalue weighted by molar-refractivity contribution is 9.10. The van der Waals surface area contributed by atoms with Gasteiger partial charge in [0.1, 0.15) is 11.6 Å². The average Bonchev–Trinajstić information content (AvgIpc) is 2.51. The van der Waals surface area contributed by atoms with Crippen molar-refractivity contribution >= 4 is 33.6 Å². The van der Waals surface area contributed by atoms with Gasteiger partial charge in [0.2, 0.25) is 0 Å². The molecule has 2 aromatic carbocycles. The first-order chi connectivity index (χ1) is 11.4. The molecule has 2 aromatic rings. The number of halogens is 2. The maximum absolute atomic E-state index is 13.0. The summed E-state index contributed by atoms with van der Waals surface area (Å²) in [4.78, 5) is 23.6. The number of ether oxygens (including phenoxy) is 1. The Morgan fingerprint density at radius 3 is 2.67 bits per heavy atom. The Morgan fingerprint density at radius 1 is 1.21 bits per heavy atom. The maximum Gasteiger partial charge on any atom is 0.325 e. The van der Waals surface area contributed by atoms with Crippen LogP contribution in [0.2, 0.25) is 0 Å². The van der Waals surface area contributed by atoms with E-state index in [0.717, 1.165) is 11.1 Å². The number of benzene rings is 2. The molecular weight excluding hydrogens is 379 g/mol. The topological polar surface area (TPSA) is 67.4 Å². The zero-order chi connectivity index (χ0) is 17.7. The Morgan fingerprint density at radius 2 is 1.96 bits per heavy atom. The predicted molar refractivity (Wildman–Crippen MR) is 92.7 cm³/mol. The van der Waals surface area contributed by atoms with Crippen molar-refractivity contribution in [1.82, 2.24) is 5.32 Å². The van der Waals surface area contributed by atoms with Crippen LogP contribution in [0.25, 0.3) is 0 Å². The summed E-state index contributed by atoms with van der Waals surface area (Å²) in [6, 6.07) is 8.68. The normalized spacial score (nSPS) is 10.2. The van der Waals surface area contributed by atoms with E-state index in [2.05, 4.69) is 26.6 Å². The van der Waals surface area contributed by atoms with E-state index in [1.165, 1.54) is 18.2 Å². The Bertz CT molecular complexity index is 780. The van der Waals surface area contributed by atoms with E-state index in [4.69, 9.17) is 4.74 Å². The number of amides is 3. The summed E-state index contributed by atoms with van der Waals surface area (Å²) in [7, 11) is 0. The van der Waals surface area contributed by atoms with Gasteiger partial charge in [0.25, 0.3) is 5.91 Å². The minimum Gasteiger partial charge on any atom is -0.483 e. The first-order valence-electron chi connectivity index (χ1n) is 7.11. The highest BCUT2D eigenvalue weighted by Gasteiger charge is 2.11. The molecule has 0 unspecified atom stereocenters. The van der Waals surface area contributed by atoms with Gasteiger partial charge in [0, 0.05) is 5.69 Å². The van der Waals surface area contributed by atoms with Crippen molar-refractivity contribution in [2.75, 3.05) is 11.9 Å². The van der Waals surface area contributed by atoms with Gasteiger partial charge in [-0.2, -0.15) is 0 Å². The number of urea groups is 1. The van der Waals surface area contributed by atoms with Gasteiger partial charge in [0.05, 0.1) is 4.47 Å². The van der Waals surface area contributed by atoms with Crippen LogP contribution in [0, 0.1) is 19.7 Å². The molecule has 0 fully saturated rings. The third-order valence-electron chi connectivity index (χ3n) is 3.36. The van der Waals surface area contributed by atoms with Crippen molar-refractivity contribution in [1.29, 1.82) is 0 Å². The van der Waals surface area contributed by atoms with E-state index >= 15 is 0 Å². The summed E-state index contributed by atoms with van der Waals surface area (Å²) in [6.07, 6.45) is 0. The number of rotatable bonds is 4. The molecule has 5 nitrogen and oxygen atoms in total. The van der Waals surface area contributed by atoms with Crippen LogP contribution in [-0.2, 0) is 4.79 Å². The van der Waals surface area contributed by atoms with Crippen molar-refractivity contribution in [3.05, 3.63) is 57.8 Å². The lowest BCUT2D eigenvalue weighted by molar-refractivity contribution is -0.121. The number of aryl methyl sites for hydroxylation is 1. The maximum atomic E-state index is 13.0. The van der Waals surface area contributed by atoms with Gasteiger partial charge in [-0.1, -0.05) is 12.1 Å². The molecule has 0 saturated heterocycles. The number of anilines is 1. The summed E-state index contributed by atoms with van der Waals surface area (Å²) in [5, 5.41) is 4.79. The largest absolute Gasteiger partial charge is 0.483 e. The molecule has 2 N–H and O–H groups in total. The molecule has 0 atom stereocenters. The lowest BCUT2D eigenvalue weighted by Crippen LogP contribution is -2.37. The Balaban J connectivity index is 1.87. The third kappa shape index (κ3) is 4.79. The Labute approximate surface area is 147 Å². The number of hydrogen-bond acceptors (Lipinski definition) is 3. The summed E-state index contributed by atoms with van der Waals surface area (Å²) >= 11 is 3.13. The summed E-state index contributed by atoms with van der Waals surface area (Å²) in [6.45, 7) is 3.43. The van der Waals surface area contributed by atoms with Crippen molar-refractivity contribution in [3.63, 3.8) is 0 Å². The van der Waals surface area contributed by atoms with Crippen molar-refractivity contribution in [2.45, 2.75) is 13.8 Å². The third-order valence-corrected chi connectivity index (χ3v) is 3.98. The zero-order valence-corrected chi connectivity index (χ0v) is 14.7. The molecule has 0 radical (unpaired) electrons. The van der Waals surface area contributed by atoms with Crippen LogP contribution in [-0.4, -0.2) is 18.5 Å². The summed E-state index contributed by atoms with van der Waals surface area (Å²) < 4.78 is 18.6. The van der Waals surface area contributed by atoms with E-state index < -0.39 is 17.8 Å².